The summed E-state index contributed by atoms with van der Waals surface area (Å²) in [6, 6.07) is 5.72. The number of fused-ring (bicyclic) bond motifs is 1. The van der Waals surface area contributed by atoms with Crippen molar-refractivity contribution >= 4 is 29.2 Å². The molecule has 4 nitrogen and oxygen atoms in total. The van der Waals surface area contributed by atoms with Crippen molar-refractivity contribution in [2.45, 2.75) is 24.6 Å². The number of carbonyl (C=O) groups excluding carboxylic acids is 1. The number of nitrogens with zero attached hydrogens (tertiary/aromatic N) is 1. The molecule has 0 spiro atoms. The van der Waals surface area contributed by atoms with Gasteiger partial charge in [-0.25, -0.2) is 0 Å². The lowest BCUT2D eigenvalue weighted by Crippen LogP contribution is -2.20. The summed E-state index contributed by atoms with van der Waals surface area (Å²) < 4.78 is 0. The van der Waals surface area contributed by atoms with Crippen molar-refractivity contribution in [1.82, 2.24) is 0 Å². The van der Waals surface area contributed by atoms with Gasteiger partial charge in [0.05, 0.1) is 12.8 Å². The number of carbonyl (C=O) groups is 2. The van der Waals surface area contributed by atoms with E-state index in [1.54, 1.807) is 11.9 Å². The maximum atomic E-state index is 11.5. The van der Waals surface area contributed by atoms with Crippen LogP contribution in [-0.2, 0) is 22.4 Å². The van der Waals surface area contributed by atoms with Crippen LogP contribution >= 0.6 is 11.6 Å². The fraction of sp³-hybridized carbons (Fsp3) is 0.385. The van der Waals surface area contributed by atoms with E-state index in [0.29, 0.717) is 12.8 Å². The van der Waals surface area contributed by atoms with Gasteiger partial charge in [-0.1, -0.05) is 12.1 Å². The normalized spacial score (nSPS) is 15.7. The SMILES string of the molecule is CN1C(=O)Cc2cc(CC(Cl)CC(=O)O)ccc21. The Kier molecular flexibility index (Phi) is 3.57. The second-order valence-corrected chi connectivity index (χ2v) is 5.11. The zero-order valence-electron chi connectivity index (χ0n) is 10.0. The lowest BCUT2D eigenvalue weighted by Gasteiger charge is -2.11. The predicted octanol–water partition coefficient (Wildman–Crippen LogP) is 1.83. The van der Waals surface area contributed by atoms with Gasteiger partial charge >= 0.3 is 5.97 Å². The second-order valence-electron chi connectivity index (χ2n) is 4.49. The van der Waals surface area contributed by atoms with E-state index in [9.17, 15) is 9.59 Å². The molecule has 2 rings (SSSR count). The third-order valence-electron chi connectivity index (χ3n) is 3.07. The molecule has 5 heteroatoms. The molecule has 1 atom stereocenters. The standard InChI is InChI=1S/C13H14ClNO3/c1-15-11-3-2-8(4-9(11)6-12(15)16)5-10(14)7-13(17)18/h2-4,10H,5-7H2,1H3,(H,17,18). The summed E-state index contributed by atoms with van der Waals surface area (Å²) >= 11 is 5.96. The molecular weight excluding hydrogens is 254 g/mol. The van der Waals surface area contributed by atoms with Gasteiger partial charge in [0.2, 0.25) is 5.91 Å². The van der Waals surface area contributed by atoms with Crippen LogP contribution < -0.4 is 4.90 Å². The quantitative estimate of drug-likeness (QED) is 0.847. The van der Waals surface area contributed by atoms with Crippen LogP contribution in [0.5, 0.6) is 0 Å². The number of alkyl halides is 1. The molecule has 1 amide bonds. The Morgan fingerprint density at radius 3 is 2.94 bits per heavy atom. The number of hydrogen-bond acceptors (Lipinski definition) is 2. The smallest absolute Gasteiger partial charge is 0.304 e. The molecule has 0 saturated carbocycles. The van der Waals surface area contributed by atoms with E-state index >= 15 is 0 Å². The van der Waals surface area contributed by atoms with E-state index in [0.717, 1.165) is 16.8 Å². The fourth-order valence-corrected chi connectivity index (χ4v) is 2.48. The van der Waals surface area contributed by atoms with Crippen LogP contribution in [0.1, 0.15) is 17.5 Å². The van der Waals surface area contributed by atoms with E-state index in [-0.39, 0.29) is 12.3 Å². The van der Waals surface area contributed by atoms with Crippen LogP contribution in [0.25, 0.3) is 0 Å². The first-order chi connectivity index (χ1) is 8.47. The van der Waals surface area contributed by atoms with Crippen molar-refractivity contribution in [3.8, 4) is 0 Å². The van der Waals surface area contributed by atoms with Gasteiger partial charge in [-0.3, -0.25) is 9.59 Å². The number of carboxylic acids is 1. The summed E-state index contributed by atoms with van der Waals surface area (Å²) in [6.45, 7) is 0. The number of carboxylic acid groups (broad SMARTS) is 1. The Bertz CT molecular complexity index is 501. The molecular formula is C13H14ClNO3. The lowest BCUT2D eigenvalue weighted by atomic mass is 10.0. The molecule has 1 heterocycles. The number of likely N-dealkylation sites (N-methyl/N-ethyl adjacent to an activating group) is 1. The molecule has 0 bridgehead atoms. The third kappa shape index (κ3) is 2.64. The Morgan fingerprint density at radius 1 is 1.56 bits per heavy atom. The summed E-state index contributed by atoms with van der Waals surface area (Å²) in [6.07, 6.45) is 0.849. The van der Waals surface area contributed by atoms with Gasteiger partial charge in [-0.2, -0.15) is 0 Å². The zero-order valence-corrected chi connectivity index (χ0v) is 10.8. The number of rotatable bonds is 4. The van der Waals surface area contributed by atoms with E-state index in [4.69, 9.17) is 16.7 Å². The minimum atomic E-state index is -0.897. The minimum Gasteiger partial charge on any atom is -0.481 e. The summed E-state index contributed by atoms with van der Waals surface area (Å²) in [5.41, 5.74) is 2.88. The molecule has 1 aliphatic rings. The highest BCUT2D eigenvalue weighted by atomic mass is 35.5. The molecule has 0 saturated heterocycles. The number of anilines is 1. The van der Waals surface area contributed by atoms with Crippen LogP contribution in [0.3, 0.4) is 0 Å². The van der Waals surface area contributed by atoms with Crippen molar-refractivity contribution in [1.29, 1.82) is 0 Å². The molecule has 96 valence electrons. The molecule has 1 N–H and O–H groups in total. The average molecular weight is 268 g/mol. The van der Waals surface area contributed by atoms with Crippen LogP contribution in [0.2, 0.25) is 0 Å². The number of benzene rings is 1. The van der Waals surface area contributed by atoms with Crippen molar-refractivity contribution in [3.05, 3.63) is 29.3 Å². The Morgan fingerprint density at radius 2 is 2.28 bits per heavy atom. The summed E-state index contributed by atoms with van der Waals surface area (Å²) in [7, 11) is 1.75. The summed E-state index contributed by atoms with van der Waals surface area (Å²) in [5.74, 6) is -0.818. The highest BCUT2D eigenvalue weighted by Gasteiger charge is 2.24. The first-order valence-electron chi connectivity index (χ1n) is 5.71. The Hall–Kier alpha value is -1.55. The fourth-order valence-electron chi connectivity index (χ4n) is 2.17. The summed E-state index contributed by atoms with van der Waals surface area (Å²) in [4.78, 5) is 23.7. The molecule has 1 aromatic carbocycles. The summed E-state index contributed by atoms with van der Waals surface area (Å²) in [5, 5.41) is 8.23. The van der Waals surface area contributed by atoms with E-state index < -0.39 is 11.3 Å². The second kappa shape index (κ2) is 4.98. The van der Waals surface area contributed by atoms with Crippen molar-refractivity contribution < 1.29 is 14.7 Å². The topological polar surface area (TPSA) is 57.6 Å². The Labute approximate surface area is 110 Å². The third-order valence-corrected chi connectivity index (χ3v) is 3.38. The zero-order chi connectivity index (χ0) is 13.3. The number of hydrogen-bond donors (Lipinski definition) is 1. The van der Waals surface area contributed by atoms with Crippen LogP contribution in [0.4, 0.5) is 5.69 Å². The van der Waals surface area contributed by atoms with Crippen LogP contribution in [0, 0.1) is 0 Å². The molecule has 1 unspecified atom stereocenters. The van der Waals surface area contributed by atoms with Gasteiger partial charge in [-0.05, 0) is 23.6 Å². The largest absolute Gasteiger partial charge is 0.481 e. The van der Waals surface area contributed by atoms with Crippen LogP contribution in [-0.4, -0.2) is 29.4 Å². The number of halogens is 1. The van der Waals surface area contributed by atoms with Gasteiger partial charge in [0.25, 0.3) is 0 Å². The van der Waals surface area contributed by atoms with E-state index in [2.05, 4.69) is 0 Å². The molecule has 0 aliphatic carbocycles. The Balaban J connectivity index is 2.11. The molecule has 0 aromatic heterocycles. The van der Waals surface area contributed by atoms with Gasteiger partial charge < -0.3 is 10.0 Å². The van der Waals surface area contributed by atoms with Crippen LogP contribution in [0.15, 0.2) is 18.2 Å². The lowest BCUT2D eigenvalue weighted by molar-refractivity contribution is -0.137. The van der Waals surface area contributed by atoms with E-state index in [1.165, 1.54) is 0 Å². The van der Waals surface area contributed by atoms with Gasteiger partial charge in [0.15, 0.2) is 0 Å². The molecule has 0 fully saturated rings. The minimum absolute atomic E-state index is 0.0581. The van der Waals surface area contributed by atoms with Crippen molar-refractivity contribution in [2.75, 3.05) is 11.9 Å². The average Bonchev–Trinajstić information content (AvgIpc) is 2.53. The predicted molar refractivity (Wildman–Crippen MR) is 69.2 cm³/mol. The maximum Gasteiger partial charge on any atom is 0.304 e. The van der Waals surface area contributed by atoms with Gasteiger partial charge in [-0.15, -0.1) is 11.6 Å². The maximum absolute atomic E-state index is 11.5. The molecule has 0 radical (unpaired) electrons. The van der Waals surface area contributed by atoms with Gasteiger partial charge in [0.1, 0.15) is 0 Å². The molecule has 1 aromatic rings. The monoisotopic (exact) mass is 267 g/mol. The molecule has 1 aliphatic heterocycles. The first-order valence-corrected chi connectivity index (χ1v) is 6.15. The number of amides is 1. The van der Waals surface area contributed by atoms with Crippen molar-refractivity contribution in [3.63, 3.8) is 0 Å². The highest BCUT2D eigenvalue weighted by molar-refractivity contribution is 6.21. The van der Waals surface area contributed by atoms with Gasteiger partial charge in [0, 0.05) is 18.1 Å². The van der Waals surface area contributed by atoms with Crippen molar-refractivity contribution in [2.24, 2.45) is 0 Å². The highest BCUT2D eigenvalue weighted by Crippen LogP contribution is 2.29. The first kappa shape index (κ1) is 12.9. The molecule has 18 heavy (non-hydrogen) atoms. The number of aliphatic carboxylic acids is 1. The van der Waals surface area contributed by atoms with E-state index in [1.807, 2.05) is 18.2 Å².